The third-order valence-electron chi connectivity index (χ3n) is 2.96. The van der Waals surface area contributed by atoms with Gasteiger partial charge in [0.05, 0.1) is 12.0 Å². The van der Waals surface area contributed by atoms with Crippen LogP contribution < -0.4 is 0 Å². The van der Waals surface area contributed by atoms with Gasteiger partial charge in [-0.05, 0) is 25.3 Å². The molecule has 1 aromatic rings. The van der Waals surface area contributed by atoms with Gasteiger partial charge in [0.2, 0.25) is 0 Å². The molecule has 0 aliphatic rings. The van der Waals surface area contributed by atoms with Crippen molar-refractivity contribution in [3.05, 3.63) is 34.9 Å². The maximum atomic E-state index is 9.21. The molecule has 1 nitrogen and oxygen atoms in total. The van der Waals surface area contributed by atoms with Gasteiger partial charge in [-0.15, -0.1) is 0 Å². The zero-order valence-corrected chi connectivity index (χ0v) is 10.0. The van der Waals surface area contributed by atoms with E-state index >= 15 is 0 Å². The second-order valence-corrected chi connectivity index (χ2v) is 4.41. The molecule has 0 aliphatic carbocycles. The maximum absolute atomic E-state index is 9.21. The quantitative estimate of drug-likeness (QED) is 0.726. The Morgan fingerprint density at radius 3 is 2.13 bits per heavy atom. The average molecular weight is 201 g/mol. The van der Waals surface area contributed by atoms with Gasteiger partial charge >= 0.3 is 0 Å². The molecule has 0 bridgehead atoms. The minimum Gasteiger partial charge on any atom is -0.198 e. The third kappa shape index (κ3) is 2.83. The van der Waals surface area contributed by atoms with Crippen LogP contribution in [0.3, 0.4) is 0 Å². The molecule has 0 N–H and O–H groups in total. The number of nitrogens with zero attached hydrogens (tertiary/aromatic N) is 1. The topological polar surface area (TPSA) is 23.8 Å². The Balaban J connectivity index is 3.08. The highest BCUT2D eigenvalue weighted by Gasteiger charge is 2.17. The van der Waals surface area contributed by atoms with E-state index in [4.69, 9.17) is 0 Å². The summed E-state index contributed by atoms with van der Waals surface area (Å²) in [5.74, 6) is 0.463. The van der Waals surface area contributed by atoms with E-state index in [-0.39, 0.29) is 5.92 Å². The van der Waals surface area contributed by atoms with Crippen molar-refractivity contribution >= 4 is 0 Å². The maximum Gasteiger partial charge on any atom is 0.0738 e. The van der Waals surface area contributed by atoms with Gasteiger partial charge in [-0.25, -0.2) is 0 Å². The summed E-state index contributed by atoms with van der Waals surface area (Å²) in [7, 11) is 0. The lowest BCUT2D eigenvalue weighted by Gasteiger charge is -2.17. The van der Waals surface area contributed by atoms with Crippen LogP contribution in [0.1, 0.15) is 42.9 Å². The fraction of sp³-hybridized carbons (Fsp3) is 0.500. The SMILES string of the molecule is CCC(C)C(C#N)c1cc(C)cc(C)c1. The van der Waals surface area contributed by atoms with Gasteiger partial charge in [0.25, 0.3) is 0 Å². The van der Waals surface area contributed by atoms with Crippen molar-refractivity contribution in [3.8, 4) is 6.07 Å². The molecule has 80 valence electrons. The molecule has 0 heterocycles. The van der Waals surface area contributed by atoms with E-state index in [2.05, 4.69) is 52.0 Å². The highest BCUT2D eigenvalue weighted by molar-refractivity contribution is 5.34. The molecule has 0 saturated carbocycles. The molecule has 1 rings (SSSR count). The van der Waals surface area contributed by atoms with Crippen molar-refractivity contribution in [1.29, 1.82) is 5.26 Å². The number of aryl methyl sites for hydroxylation is 2. The molecule has 2 atom stereocenters. The van der Waals surface area contributed by atoms with Gasteiger partial charge in [-0.3, -0.25) is 0 Å². The van der Waals surface area contributed by atoms with Crippen LogP contribution >= 0.6 is 0 Å². The molecule has 0 spiro atoms. The molecule has 1 aromatic carbocycles. The first-order valence-electron chi connectivity index (χ1n) is 5.56. The van der Waals surface area contributed by atoms with E-state index in [9.17, 15) is 5.26 Å². The lowest BCUT2D eigenvalue weighted by Crippen LogP contribution is -2.07. The molecule has 0 fully saturated rings. The van der Waals surface area contributed by atoms with Gasteiger partial charge in [-0.2, -0.15) is 5.26 Å². The van der Waals surface area contributed by atoms with E-state index < -0.39 is 0 Å². The van der Waals surface area contributed by atoms with E-state index in [1.807, 2.05) is 0 Å². The fourth-order valence-corrected chi connectivity index (χ4v) is 1.96. The Morgan fingerprint density at radius 1 is 1.20 bits per heavy atom. The highest BCUT2D eigenvalue weighted by atomic mass is 14.3. The van der Waals surface area contributed by atoms with Gasteiger partial charge in [0.15, 0.2) is 0 Å². The predicted molar refractivity (Wildman–Crippen MR) is 63.7 cm³/mol. The first-order valence-corrected chi connectivity index (χ1v) is 5.56. The minimum atomic E-state index is 0.0357. The first-order chi connectivity index (χ1) is 7.08. The minimum absolute atomic E-state index is 0.0357. The lowest BCUT2D eigenvalue weighted by atomic mass is 9.85. The number of benzene rings is 1. The molecule has 0 radical (unpaired) electrons. The van der Waals surface area contributed by atoms with Crippen LogP contribution in [0.15, 0.2) is 18.2 Å². The second kappa shape index (κ2) is 4.98. The van der Waals surface area contributed by atoms with Crippen molar-refractivity contribution in [2.24, 2.45) is 5.92 Å². The van der Waals surface area contributed by atoms with Crippen LogP contribution in [-0.2, 0) is 0 Å². The highest BCUT2D eigenvalue weighted by Crippen LogP contribution is 2.27. The van der Waals surface area contributed by atoms with Crippen molar-refractivity contribution in [3.63, 3.8) is 0 Å². The lowest BCUT2D eigenvalue weighted by molar-refractivity contribution is 0.514. The van der Waals surface area contributed by atoms with Crippen LogP contribution in [-0.4, -0.2) is 0 Å². The van der Waals surface area contributed by atoms with Crippen LogP contribution in [0.4, 0.5) is 0 Å². The van der Waals surface area contributed by atoms with E-state index in [0.29, 0.717) is 5.92 Å². The smallest absolute Gasteiger partial charge is 0.0738 e. The summed E-state index contributed by atoms with van der Waals surface area (Å²) in [6, 6.07) is 8.83. The third-order valence-corrected chi connectivity index (χ3v) is 2.96. The van der Waals surface area contributed by atoms with Crippen LogP contribution in [0.25, 0.3) is 0 Å². The molecule has 0 amide bonds. The Labute approximate surface area is 92.7 Å². The Hall–Kier alpha value is -1.29. The normalized spacial score (nSPS) is 14.3. The van der Waals surface area contributed by atoms with Gasteiger partial charge in [0.1, 0.15) is 0 Å². The number of nitriles is 1. The molecule has 0 saturated heterocycles. The summed E-state index contributed by atoms with van der Waals surface area (Å²) < 4.78 is 0. The van der Waals surface area contributed by atoms with Crippen LogP contribution in [0.5, 0.6) is 0 Å². The number of hydrogen-bond acceptors (Lipinski definition) is 1. The number of rotatable bonds is 3. The zero-order valence-electron chi connectivity index (χ0n) is 10.0. The fourth-order valence-electron chi connectivity index (χ4n) is 1.96. The summed E-state index contributed by atoms with van der Waals surface area (Å²) in [5.41, 5.74) is 3.66. The number of hydrogen-bond donors (Lipinski definition) is 0. The standard InChI is InChI=1S/C14H19N/c1-5-12(4)14(9-15)13-7-10(2)6-11(3)8-13/h6-8,12,14H,5H2,1-4H3. The molecular weight excluding hydrogens is 182 g/mol. The van der Waals surface area contributed by atoms with Gasteiger partial charge < -0.3 is 0 Å². The van der Waals surface area contributed by atoms with E-state index in [0.717, 1.165) is 6.42 Å². The summed E-state index contributed by atoms with van der Waals surface area (Å²) in [6.07, 6.45) is 1.05. The van der Waals surface area contributed by atoms with Crippen molar-refractivity contribution in [2.75, 3.05) is 0 Å². The monoisotopic (exact) mass is 201 g/mol. The van der Waals surface area contributed by atoms with Gasteiger partial charge in [0, 0.05) is 0 Å². The summed E-state index contributed by atoms with van der Waals surface area (Å²) >= 11 is 0. The Kier molecular flexibility index (Phi) is 3.91. The summed E-state index contributed by atoms with van der Waals surface area (Å²) in [6.45, 7) is 8.45. The summed E-state index contributed by atoms with van der Waals surface area (Å²) in [5, 5.41) is 9.21. The van der Waals surface area contributed by atoms with Crippen molar-refractivity contribution < 1.29 is 0 Å². The van der Waals surface area contributed by atoms with Crippen molar-refractivity contribution in [1.82, 2.24) is 0 Å². The Bertz CT molecular complexity index is 353. The molecule has 1 heteroatoms. The van der Waals surface area contributed by atoms with Crippen LogP contribution in [0, 0.1) is 31.1 Å². The molecular formula is C14H19N. The van der Waals surface area contributed by atoms with E-state index in [1.54, 1.807) is 0 Å². The summed E-state index contributed by atoms with van der Waals surface area (Å²) in [4.78, 5) is 0. The molecule has 15 heavy (non-hydrogen) atoms. The molecule has 2 unspecified atom stereocenters. The molecule has 0 aliphatic heterocycles. The van der Waals surface area contributed by atoms with Crippen LogP contribution in [0.2, 0.25) is 0 Å². The van der Waals surface area contributed by atoms with E-state index in [1.165, 1.54) is 16.7 Å². The largest absolute Gasteiger partial charge is 0.198 e. The Morgan fingerprint density at radius 2 is 1.73 bits per heavy atom. The predicted octanol–water partition coefficient (Wildman–Crippen LogP) is 3.96. The zero-order chi connectivity index (χ0) is 11.4. The van der Waals surface area contributed by atoms with Crippen molar-refractivity contribution in [2.45, 2.75) is 40.0 Å². The molecule has 0 aromatic heterocycles. The van der Waals surface area contributed by atoms with Gasteiger partial charge in [-0.1, -0.05) is 49.6 Å². The average Bonchev–Trinajstić information content (AvgIpc) is 2.17. The first kappa shape index (κ1) is 11.8. The second-order valence-electron chi connectivity index (χ2n) is 4.41.